The van der Waals surface area contributed by atoms with Gasteiger partial charge in [0.2, 0.25) is 11.9 Å². The lowest BCUT2D eigenvalue weighted by Crippen LogP contribution is -2.48. The first-order valence-corrected chi connectivity index (χ1v) is 9.15. The highest BCUT2D eigenvalue weighted by molar-refractivity contribution is 6.03. The summed E-state index contributed by atoms with van der Waals surface area (Å²) >= 11 is 0. The molecule has 0 unspecified atom stereocenters. The normalized spacial score (nSPS) is 15.9. The Morgan fingerprint density at radius 2 is 1.79 bits per heavy atom. The maximum absolute atomic E-state index is 12.6. The average Bonchev–Trinajstić information content (AvgIpc) is 2.74. The van der Waals surface area contributed by atoms with Gasteiger partial charge in [0, 0.05) is 51.1 Å². The zero-order valence-electron chi connectivity index (χ0n) is 15.6. The van der Waals surface area contributed by atoms with Crippen LogP contribution >= 0.6 is 0 Å². The van der Waals surface area contributed by atoms with Crippen LogP contribution in [0, 0.1) is 0 Å². The predicted octanol–water partition coefficient (Wildman–Crippen LogP) is 1.17. The maximum atomic E-state index is 12.6. The van der Waals surface area contributed by atoms with E-state index in [-0.39, 0.29) is 17.5 Å². The van der Waals surface area contributed by atoms with Crippen LogP contribution in [0.1, 0.15) is 17.4 Å². The molecule has 1 N–H and O–H groups in total. The number of hydrogen-bond acceptors (Lipinski definition) is 7. The van der Waals surface area contributed by atoms with E-state index in [1.54, 1.807) is 42.3 Å². The first-order valence-electron chi connectivity index (χ1n) is 9.15. The smallest absolute Gasteiger partial charge is 0.274 e. The molecule has 0 radical (unpaired) electrons. The Morgan fingerprint density at radius 3 is 2.54 bits per heavy atom. The van der Waals surface area contributed by atoms with Gasteiger partial charge in [0.1, 0.15) is 18.9 Å². The van der Waals surface area contributed by atoms with Gasteiger partial charge in [-0.2, -0.15) is 0 Å². The second kappa shape index (κ2) is 7.71. The van der Waals surface area contributed by atoms with Crippen molar-refractivity contribution in [1.29, 1.82) is 0 Å². The van der Waals surface area contributed by atoms with Gasteiger partial charge in [0.05, 0.1) is 0 Å². The van der Waals surface area contributed by atoms with Crippen molar-refractivity contribution < 1.29 is 19.1 Å². The van der Waals surface area contributed by atoms with Gasteiger partial charge in [-0.3, -0.25) is 9.59 Å². The van der Waals surface area contributed by atoms with Gasteiger partial charge in [-0.05, 0) is 18.2 Å². The number of aromatic nitrogens is 2. The number of benzene rings is 1. The Balaban J connectivity index is 1.44. The Labute approximate surface area is 162 Å². The topological polar surface area (TPSA) is 96.9 Å². The monoisotopic (exact) mass is 383 g/mol. The van der Waals surface area contributed by atoms with Gasteiger partial charge >= 0.3 is 0 Å². The molecule has 3 heterocycles. The minimum absolute atomic E-state index is 0.0631. The first kappa shape index (κ1) is 18.0. The van der Waals surface area contributed by atoms with E-state index in [1.165, 1.54) is 0 Å². The summed E-state index contributed by atoms with van der Waals surface area (Å²) in [7, 11) is 0. The molecule has 2 aliphatic rings. The molecule has 9 nitrogen and oxygen atoms in total. The minimum atomic E-state index is -0.331. The van der Waals surface area contributed by atoms with Crippen molar-refractivity contribution in [2.75, 3.05) is 49.6 Å². The van der Waals surface area contributed by atoms with Crippen LogP contribution in [0.5, 0.6) is 11.5 Å². The summed E-state index contributed by atoms with van der Waals surface area (Å²) in [5.74, 6) is 1.49. The summed E-state index contributed by atoms with van der Waals surface area (Å²) in [6.07, 6.45) is 1.57. The van der Waals surface area contributed by atoms with E-state index in [2.05, 4.69) is 15.3 Å². The van der Waals surface area contributed by atoms with E-state index in [0.717, 1.165) is 0 Å². The third-order valence-corrected chi connectivity index (χ3v) is 4.68. The van der Waals surface area contributed by atoms with E-state index < -0.39 is 0 Å². The molecule has 2 amide bonds. The molecule has 0 spiro atoms. The lowest BCUT2D eigenvalue weighted by atomic mass is 10.2. The van der Waals surface area contributed by atoms with Gasteiger partial charge in [-0.15, -0.1) is 0 Å². The quantitative estimate of drug-likeness (QED) is 0.850. The van der Waals surface area contributed by atoms with Crippen molar-refractivity contribution in [3.05, 3.63) is 36.2 Å². The molecule has 28 heavy (non-hydrogen) atoms. The number of carbonyl (C=O) groups is 2. The van der Waals surface area contributed by atoms with Crippen LogP contribution in [-0.4, -0.2) is 66.1 Å². The van der Waals surface area contributed by atoms with Crippen molar-refractivity contribution in [3.8, 4) is 11.5 Å². The largest absolute Gasteiger partial charge is 0.486 e. The predicted molar refractivity (Wildman–Crippen MR) is 102 cm³/mol. The molecule has 1 fully saturated rings. The molecule has 4 rings (SSSR count). The van der Waals surface area contributed by atoms with E-state index >= 15 is 0 Å². The molecule has 2 aliphatic heterocycles. The molecule has 0 bridgehead atoms. The molecular formula is C19H21N5O4. The minimum Gasteiger partial charge on any atom is -0.486 e. The van der Waals surface area contributed by atoms with Crippen molar-refractivity contribution in [2.24, 2.45) is 0 Å². The van der Waals surface area contributed by atoms with Gasteiger partial charge in [-0.1, -0.05) is 0 Å². The number of piperazine rings is 1. The number of anilines is 2. The lowest BCUT2D eigenvalue weighted by Gasteiger charge is -2.34. The Kier molecular flexibility index (Phi) is 4.96. The molecule has 9 heteroatoms. The molecule has 1 aromatic carbocycles. The average molecular weight is 383 g/mol. The summed E-state index contributed by atoms with van der Waals surface area (Å²) in [5, 5.41) is 2.82. The number of ether oxygens (including phenoxy) is 2. The summed E-state index contributed by atoms with van der Waals surface area (Å²) < 4.78 is 11.0. The fraction of sp³-hybridized carbons (Fsp3) is 0.368. The molecule has 2 aromatic rings. The third-order valence-electron chi connectivity index (χ3n) is 4.68. The molecule has 0 saturated carbocycles. The van der Waals surface area contributed by atoms with E-state index in [1.807, 2.05) is 4.90 Å². The van der Waals surface area contributed by atoms with Crippen molar-refractivity contribution in [2.45, 2.75) is 6.92 Å². The van der Waals surface area contributed by atoms with Crippen LogP contribution in [0.25, 0.3) is 0 Å². The fourth-order valence-corrected chi connectivity index (χ4v) is 3.16. The van der Waals surface area contributed by atoms with Crippen LogP contribution in [0.2, 0.25) is 0 Å². The number of rotatable bonds is 3. The molecular weight excluding hydrogens is 362 g/mol. The molecule has 0 atom stereocenters. The molecule has 1 saturated heterocycles. The summed E-state index contributed by atoms with van der Waals surface area (Å²) in [6, 6.07) is 6.83. The SMILES string of the molecule is CC(=O)N1CCN(c2nccc(C(=O)Nc3ccc4c(c3)OCCO4)n2)CC1. The van der Waals surface area contributed by atoms with E-state index in [0.29, 0.717) is 62.5 Å². The zero-order chi connectivity index (χ0) is 19.5. The van der Waals surface area contributed by atoms with Crippen molar-refractivity contribution >= 4 is 23.5 Å². The molecule has 0 aliphatic carbocycles. The number of amides is 2. The number of hydrogen-bond donors (Lipinski definition) is 1. The van der Waals surface area contributed by atoms with Gasteiger partial charge in [0.15, 0.2) is 11.5 Å². The Morgan fingerprint density at radius 1 is 1.04 bits per heavy atom. The maximum Gasteiger partial charge on any atom is 0.274 e. The number of fused-ring (bicyclic) bond motifs is 1. The van der Waals surface area contributed by atoms with Gasteiger partial charge < -0.3 is 24.6 Å². The molecule has 146 valence electrons. The standard InChI is InChI=1S/C19H21N5O4/c1-13(25)23-6-8-24(9-7-23)19-20-5-4-15(22-19)18(26)21-14-2-3-16-17(12-14)28-11-10-27-16/h2-5,12H,6-11H2,1H3,(H,21,26). The highest BCUT2D eigenvalue weighted by Crippen LogP contribution is 2.32. The van der Waals surface area contributed by atoms with Crippen LogP contribution < -0.4 is 19.7 Å². The lowest BCUT2D eigenvalue weighted by molar-refractivity contribution is -0.129. The van der Waals surface area contributed by atoms with Crippen LogP contribution in [0.15, 0.2) is 30.5 Å². The highest BCUT2D eigenvalue weighted by atomic mass is 16.6. The third kappa shape index (κ3) is 3.83. The molecule has 1 aromatic heterocycles. The zero-order valence-corrected chi connectivity index (χ0v) is 15.6. The number of nitrogens with one attached hydrogen (secondary N) is 1. The Bertz CT molecular complexity index is 896. The Hall–Kier alpha value is -3.36. The highest BCUT2D eigenvalue weighted by Gasteiger charge is 2.21. The van der Waals surface area contributed by atoms with Gasteiger partial charge in [-0.25, -0.2) is 9.97 Å². The van der Waals surface area contributed by atoms with Crippen LogP contribution in [0.3, 0.4) is 0 Å². The van der Waals surface area contributed by atoms with Gasteiger partial charge in [0.25, 0.3) is 5.91 Å². The summed E-state index contributed by atoms with van der Waals surface area (Å²) in [6.45, 7) is 5.06. The number of carbonyl (C=O) groups excluding carboxylic acids is 2. The second-order valence-corrected chi connectivity index (χ2v) is 6.55. The first-order chi connectivity index (χ1) is 13.6. The second-order valence-electron chi connectivity index (χ2n) is 6.55. The number of nitrogens with zero attached hydrogens (tertiary/aromatic N) is 4. The van der Waals surface area contributed by atoms with Crippen molar-refractivity contribution in [1.82, 2.24) is 14.9 Å². The summed E-state index contributed by atoms with van der Waals surface area (Å²) in [5.41, 5.74) is 0.873. The van der Waals surface area contributed by atoms with E-state index in [9.17, 15) is 9.59 Å². The van der Waals surface area contributed by atoms with Crippen molar-refractivity contribution in [3.63, 3.8) is 0 Å². The van der Waals surface area contributed by atoms with E-state index in [4.69, 9.17) is 9.47 Å². The van der Waals surface area contributed by atoms with Crippen LogP contribution in [-0.2, 0) is 4.79 Å². The fourth-order valence-electron chi connectivity index (χ4n) is 3.16. The van der Waals surface area contributed by atoms with Crippen LogP contribution in [0.4, 0.5) is 11.6 Å². The summed E-state index contributed by atoms with van der Waals surface area (Å²) in [4.78, 5) is 36.5.